The van der Waals surface area contributed by atoms with E-state index >= 15 is 0 Å². The van der Waals surface area contributed by atoms with Gasteiger partial charge in [0, 0.05) is 6.04 Å². The molecule has 1 amide bonds. The molecule has 4 nitrogen and oxygen atoms in total. The summed E-state index contributed by atoms with van der Waals surface area (Å²) in [5.74, 6) is 0.291. The highest BCUT2D eigenvalue weighted by Crippen LogP contribution is 2.14. The second-order valence-electron chi connectivity index (χ2n) is 4.96. The molecule has 112 valence electrons. The van der Waals surface area contributed by atoms with Crippen LogP contribution in [0.5, 0.6) is 0 Å². The van der Waals surface area contributed by atoms with Gasteiger partial charge in [0.1, 0.15) is 11.6 Å². The highest BCUT2D eigenvalue weighted by Gasteiger charge is 2.16. The Kier molecular flexibility index (Phi) is 5.11. The number of furan rings is 1. The van der Waals surface area contributed by atoms with Crippen LogP contribution >= 0.6 is 0 Å². The molecule has 0 aliphatic rings. The quantitative estimate of drug-likeness (QED) is 0.860. The van der Waals surface area contributed by atoms with Gasteiger partial charge in [-0.1, -0.05) is 12.1 Å². The maximum atomic E-state index is 13.2. The number of carbonyl (C=O) groups is 1. The van der Waals surface area contributed by atoms with Gasteiger partial charge in [-0.05, 0) is 43.7 Å². The summed E-state index contributed by atoms with van der Waals surface area (Å²) in [7, 11) is 0. The standard InChI is InChI=1S/C16H19FN2O2/c1-11(13-5-3-6-14(17)9-13)19-12(2)16(20)18-10-15-7-4-8-21-15/h3-9,11-12,19H,10H2,1-2H3,(H,18,20)/t11-,12?/m0/s1. The first kappa shape index (κ1) is 15.3. The van der Waals surface area contributed by atoms with Crippen molar-refractivity contribution in [2.75, 3.05) is 0 Å². The predicted octanol–water partition coefficient (Wildman–Crippen LogP) is 2.77. The molecule has 0 bridgehead atoms. The highest BCUT2D eigenvalue weighted by atomic mass is 19.1. The summed E-state index contributed by atoms with van der Waals surface area (Å²) >= 11 is 0. The van der Waals surface area contributed by atoms with Crippen LogP contribution in [0.25, 0.3) is 0 Å². The molecule has 5 heteroatoms. The summed E-state index contributed by atoms with van der Waals surface area (Å²) < 4.78 is 18.3. The Hall–Kier alpha value is -2.14. The van der Waals surface area contributed by atoms with E-state index in [1.807, 2.05) is 13.0 Å². The van der Waals surface area contributed by atoms with Crippen molar-refractivity contribution in [1.29, 1.82) is 0 Å². The van der Waals surface area contributed by atoms with Crippen LogP contribution in [0.1, 0.15) is 31.2 Å². The molecule has 0 radical (unpaired) electrons. The molecule has 0 spiro atoms. The zero-order valence-corrected chi connectivity index (χ0v) is 12.1. The molecule has 2 aromatic rings. The van der Waals surface area contributed by atoms with Crippen LogP contribution in [0.2, 0.25) is 0 Å². The number of hydrogen-bond acceptors (Lipinski definition) is 3. The third-order valence-corrected chi connectivity index (χ3v) is 3.26. The van der Waals surface area contributed by atoms with Crippen molar-refractivity contribution in [1.82, 2.24) is 10.6 Å². The molecule has 0 aliphatic carbocycles. The zero-order valence-electron chi connectivity index (χ0n) is 12.1. The first-order valence-electron chi connectivity index (χ1n) is 6.88. The lowest BCUT2D eigenvalue weighted by Gasteiger charge is -2.19. The number of benzene rings is 1. The Morgan fingerprint density at radius 2 is 2.10 bits per heavy atom. The Bertz CT molecular complexity index is 584. The van der Waals surface area contributed by atoms with Crippen molar-refractivity contribution in [3.05, 3.63) is 59.8 Å². The van der Waals surface area contributed by atoms with Gasteiger partial charge in [0.05, 0.1) is 18.8 Å². The van der Waals surface area contributed by atoms with Crippen molar-refractivity contribution in [2.45, 2.75) is 32.5 Å². The molecule has 1 heterocycles. The van der Waals surface area contributed by atoms with Crippen LogP contribution in [0, 0.1) is 5.82 Å². The smallest absolute Gasteiger partial charge is 0.237 e. The van der Waals surface area contributed by atoms with Crippen molar-refractivity contribution in [2.24, 2.45) is 0 Å². The molecule has 2 atom stereocenters. The lowest BCUT2D eigenvalue weighted by molar-refractivity contribution is -0.123. The van der Waals surface area contributed by atoms with Gasteiger partial charge in [0.15, 0.2) is 0 Å². The number of nitrogens with one attached hydrogen (secondary N) is 2. The molecule has 1 unspecified atom stereocenters. The van der Waals surface area contributed by atoms with Crippen molar-refractivity contribution in [3.63, 3.8) is 0 Å². The van der Waals surface area contributed by atoms with Gasteiger partial charge < -0.3 is 9.73 Å². The van der Waals surface area contributed by atoms with Crippen LogP contribution in [0.3, 0.4) is 0 Å². The monoisotopic (exact) mass is 290 g/mol. The Balaban J connectivity index is 1.85. The second kappa shape index (κ2) is 7.04. The van der Waals surface area contributed by atoms with E-state index in [0.717, 1.165) is 5.56 Å². The lowest BCUT2D eigenvalue weighted by Crippen LogP contribution is -2.42. The number of amides is 1. The van der Waals surface area contributed by atoms with Crippen molar-refractivity contribution >= 4 is 5.91 Å². The van der Waals surface area contributed by atoms with Gasteiger partial charge in [-0.25, -0.2) is 4.39 Å². The summed E-state index contributed by atoms with van der Waals surface area (Å²) in [5, 5.41) is 5.93. The number of carbonyl (C=O) groups excluding carboxylic acids is 1. The molecule has 21 heavy (non-hydrogen) atoms. The molecular formula is C16H19FN2O2. The van der Waals surface area contributed by atoms with Gasteiger partial charge in [0.2, 0.25) is 5.91 Å². The fourth-order valence-electron chi connectivity index (χ4n) is 2.06. The third-order valence-electron chi connectivity index (χ3n) is 3.26. The molecule has 2 rings (SSSR count). The molecule has 2 N–H and O–H groups in total. The third kappa shape index (κ3) is 4.43. The van der Waals surface area contributed by atoms with E-state index in [1.54, 1.807) is 31.4 Å². The van der Waals surface area contributed by atoms with E-state index in [1.165, 1.54) is 12.1 Å². The Labute approximate surface area is 123 Å². The van der Waals surface area contributed by atoms with Crippen molar-refractivity contribution < 1.29 is 13.6 Å². The molecular weight excluding hydrogens is 271 g/mol. The fraction of sp³-hybridized carbons (Fsp3) is 0.312. The summed E-state index contributed by atoms with van der Waals surface area (Å²) in [6.07, 6.45) is 1.56. The Morgan fingerprint density at radius 1 is 1.29 bits per heavy atom. The van der Waals surface area contributed by atoms with Gasteiger partial charge in [-0.2, -0.15) is 0 Å². The summed E-state index contributed by atoms with van der Waals surface area (Å²) in [5.41, 5.74) is 0.806. The zero-order chi connectivity index (χ0) is 15.2. The second-order valence-corrected chi connectivity index (χ2v) is 4.96. The summed E-state index contributed by atoms with van der Waals surface area (Å²) in [6, 6.07) is 9.41. The van der Waals surface area contributed by atoms with E-state index in [-0.39, 0.29) is 17.8 Å². The molecule has 0 fully saturated rings. The van der Waals surface area contributed by atoms with Gasteiger partial charge in [-0.15, -0.1) is 0 Å². The highest BCUT2D eigenvalue weighted by molar-refractivity contribution is 5.81. The minimum Gasteiger partial charge on any atom is -0.467 e. The Morgan fingerprint density at radius 3 is 2.76 bits per heavy atom. The van der Waals surface area contributed by atoms with Crippen LogP contribution in [0.4, 0.5) is 4.39 Å². The molecule has 0 aliphatic heterocycles. The number of halogens is 1. The van der Waals surface area contributed by atoms with Crippen LogP contribution < -0.4 is 10.6 Å². The molecule has 1 aromatic heterocycles. The average molecular weight is 290 g/mol. The minimum absolute atomic E-state index is 0.120. The summed E-state index contributed by atoms with van der Waals surface area (Å²) in [4.78, 5) is 12.0. The lowest BCUT2D eigenvalue weighted by atomic mass is 10.1. The van der Waals surface area contributed by atoms with E-state index in [9.17, 15) is 9.18 Å². The average Bonchev–Trinajstić information content (AvgIpc) is 2.97. The molecule has 0 saturated heterocycles. The van der Waals surface area contributed by atoms with E-state index in [0.29, 0.717) is 12.3 Å². The summed E-state index contributed by atoms with van der Waals surface area (Å²) in [6.45, 7) is 4.02. The van der Waals surface area contributed by atoms with E-state index < -0.39 is 6.04 Å². The van der Waals surface area contributed by atoms with Gasteiger partial charge in [-0.3, -0.25) is 10.1 Å². The van der Waals surface area contributed by atoms with E-state index in [2.05, 4.69) is 10.6 Å². The first-order chi connectivity index (χ1) is 10.1. The van der Waals surface area contributed by atoms with Gasteiger partial charge >= 0.3 is 0 Å². The normalized spacial score (nSPS) is 13.7. The number of hydrogen-bond donors (Lipinski definition) is 2. The predicted molar refractivity (Wildman–Crippen MR) is 78.0 cm³/mol. The van der Waals surface area contributed by atoms with E-state index in [4.69, 9.17) is 4.42 Å². The molecule has 1 aromatic carbocycles. The van der Waals surface area contributed by atoms with Gasteiger partial charge in [0.25, 0.3) is 0 Å². The largest absolute Gasteiger partial charge is 0.467 e. The van der Waals surface area contributed by atoms with Crippen LogP contribution in [0.15, 0.2) is 47.1 Å². The van der Waals surface area contributed by atoms with Crippen molar-refractivity contribution in [3.8, 4) is 0 Å². The fourth-order valence-corrected chi connectivity index (χ4v) is 2.06. The minimum atomic E-state index is -0.391. The van der Waals surface area contributed by atoms with Crippen LogP contribution in [-0.4, -0.2) is 11.9 Å². The van der Waals surface area contributed by atoms with Crippen LogP contribution in [-0.2, 0) is 11.3 Å². The maximum absolute atomic E-state index is 13.2. The molecule has 0 saturated carbocycles. The maximum Gasteiger partial charge on any atom is 0.237 e. The number of rotatable bonds is 6. The first-order valence-corrected chi connectivity index (χ1v) is 6.88. The topological polar surface area (TPSA) is 54.3 Å². The SMILES string of the molecule is CC(N[C@@H](C)c1cccc(F)c1)C(=O)NCc1ccco1.